The Morgan fingerprint density at radius 1 is 1.18 bits per heavy atom. The maximum Gasteiger partial charge on any atom is 0.254 e. The topological polar surface area (TPSA) is 67.9 Å². The molecule has 0 unspecified atom stereocenters. The first-order chi connectivity index (χ1) is 13.5. The van der Waals surface area contributed by atoms with Crippen LogP contribution < -0.4 is 10.1 Å². The molecule has 0 bridgehead atoms. The van der Waals surface area contributed by atoms with Gasteiger partial charge in [-0.15, -0.1) is 0 Å². The molecule has 1 fully saturated rings. The molecule has 1 aliphatic rings. The standard InChI is InChI=1S/C21H23ClN2O4/c1-24(13-20(25)23-17-8-6-16(22)7-9-17)21(26)15-4-10-18(11-5-15)28-14-19-3-2-12-27-19/h4-11,19H,2-3,12-14H2,1H3,(H,23,25)/t19-/m0/s1. The molecule has 0 aliphatic carbocycles. The van der Waals surface area contributed by atoms with Crippen molar-refractivity contribution < 1.29 is 19.1 Å². The van der Waals surface area contributed by atoms with Gasteiger partial charge in [-0.05, 0) is 61.4 Å². The number of likely N-dealkylation sites (N-methyl/N-ethyl adjacent to an activating group) is 1. The van der Waals surface area contributed by atoms with Crippen LogP contribution in [-0.2, 0) is 9.53 Å². The first kappa shape index (κ1) is 20.2. The second kappa shape index (κ2) is 9.57. The van der Waals surface area contributed by atoms with E-state index in [4.69, 9.17) is 21.1 Å². The average molecular weight is 403 g/mol. The van der Waals surface area contributed by atoms with Gasteiger partial charge >= 0.3 is 0 Å². The quantitative estimate of drug-likeness (QED) is 0.768. The summed E-state index contributed by atoms with van der Waals surface area (Å²) in [5, 5.41) is 3.33. The molecule has 2 aromatic rings. The lowest BCUT2D eigenvalue weighted by Gasteiger charge is -2.17. The van der Waals surface area contributed by atoms with E-state index in [1.165, 1.54) is 4.90 Å². The van der Waals surface area contributed by atoms with Crippen LogP contribution in [0, 0.1) is 0 Å². The van der Waals surface area contributed by atoms with E-state index in [0.717, 1.165) is 19.4 Å². The normalized spacial score (nSPS) is 15.9. The Bertz CT molecular complexity index is 802. The van der Waals surface area contributed by atoms with Gasteiger partial charge < -0.3 is 19.7 Å². The van der Waals surface area contributed by atoms with Gasteiger partial charge in [0.2, 0.25) is 5.91 Å². The van der Waals surface area contributed by atoms with Crippen LogP contribution in [0.3, 0.4) is 0 Å². The second-order valence-corrected chi connectivity index (χ2v) is 7.12. The summed E-state index contributed by atoms with van der Waals surface area (Å²) < 4.78 is 11.2. The summed E-state index contributed by atoms with van der Waals surface area (Å²) in [4.78, 5) is 26.0. The molecule has 1 atom stereocenters. The molecule has 1 heterocycles. The van der Waals surface area contributed by atoms with Gasteiger partial charge in [0.25, 0.3) is 5.91 Å². The van der Waals surface area contributed by atoms with Gasteiger partial charge in [-0.25, -0.2) is 0 Å². The number of nitrogens with one attached hydrogen (secondary N) is 1. The lowest BCUT2D eigenvalue weighted by Crippen LogP contribution is -2.34. The highest BCUT2D eigenvalue weighted by Crippen LogP contribution is 2.17. The Balaban J connectivity index is 1.49. The summed E-state index contributed by atoms with van der Waals surface area (Å²) in [5.41, 5.74) is 1.12. The fraction of sp³-hybridized carbons (Fsp3) is 0.333. The van der Waals surface area contributed by atoms with Crippen LogP contribution in [0.1, 0.15) is 23.2 Å². The van der Waals surface area contributed by atoms with E-state index >= 15 is 0 Å². The summed E-state index contributed by atoms with van der Waals surface area (Å²) >= 11 is 5.82. The lowest BCUT2D eigenvalue weighted by molar-refractivity contribution is -0.116. The molecular weight excluding hydrogens is 380 g/mol. The predicted octanol–water partition coefficient (Wildman–Crippen LogP) is 3.61. The van der Waals surface area contributed by atoms with Gasteiger partial charge in [0.15, 0.2) is 0 Å². The largest absolute Gasteiger partial charge is 0.491 e. The van der Waals surface area contributed by atoms with Crippen molar-refractivity contribution in [2.75, 3.05) is 32.1 Å². The third-order valence-electron chi connectivity index (χ3n) is 4.42. The van der Waals surface area contributed by atoms with Gasteiger partial charge in [-0.3, -0.25) is 9.59 Å². The number of ether oxygens (including phenoxy) is 2. The lowest BCUT2D eigenvalue weighted by atomic mass is 10.2. The number of anilines is 1. The number of halogens is 1. The summed E-state index contributed by atoms with van der Waals surface area (Å²) in [5.74, 6) is 0.168. The Labute approximate surface area is 169 Å². The molecule has 0 radical (unpaired) electrons. The van der Waals surface area contributed by atoms with Crippen molar-refractivity contribution >= 4 is 29.1 Å². The zero-order chi connectivity index (χ0) is 19.9. The Kier molecular flexibility index (Phi) is 6.90. The van der Waals surface area contributed by atoms with E-state index in [1.807, 2.05) is 0 Å². The monoisotopic (exact) mass is 402 g/mol. The smallest absolute Gasteiger partial charge is 0.254 e. The summed E-state index contributed by atoms with van der Waals surface area (Å²) in [6, 6.07) is 13.7. The van der Waals surface area contributed by atoms with Crippen LogP contribution in [0.25, 0.3) is 0 Å². The molecule has 0 saturated carbocycles. The molecule has 2 amide bonds. The third-order valence-corrected chi connectivity index (χ3v) is 4.67. The Hall–Kier alpha value is -2.57. The molecule has 2 aromatic carbocycles. The van der Waals surface area contributed by atoms with Crippen LogP contribution in [0.5, 0.6) is 5.75 Å². The highest BCUT2D eigenvalue weighted by Gasteiger charge is 2.17. The third kappa shape index (κ3) is 5.71. The van der Waals surface area contributed by atoms with Crippen LogP contribution >= 0.6 is 11.6 Å². The number of benzene rings is 2. The average Bonchev–Trinajstić information content (AvgIpc) is 3.21. The van der Waals surface area contributed by atoms with Crippen molar-refractivity contribution in [3.63, 3.8) is 0 Å². The fourth-order valence-corrected chi connectivity index (χ4v) is 3.03. The minimum Gasteiger partial charge on any atom is -0.491 e. The summed E-state index contributed by atoms with van der Waals surface area (Å²) in [6.45, 7) is 1.25. The second-order valence-electron chi connectivity index (χ2n) is 6.69. The molecule has 3 rings (SSSR count). The maximum atomic E-state index is 12.5. The van der Waals surface area contributed by atoms with Gasteiger partial charge in [-0.2, -0.15) is 0 Å². The van der Waals surface area contributed by atoms with E-state index in [-0.39, 0.29) is 24.5 Å². The number of nitrogens with zero attached hydrogens (tertiary/aromatic N) is 1. The van der Waals surface area contributed by atoms with Crippen LogP contribution in [0.4, 0.5) is 5.69 Å². The SMILES string of the molecule is CN(CC(=O)Nc1ccc(Cl)cc1)C(=O)c1ccc(OC[C@@H]2CCCO2)cc1. The molecule has 0 spiro atoms. The molecule has 1 N–H and O–H groups in total. The molecule has 1 saturated heterocycles. The molecule has 0 aromatic heterocycles. The molecule has 7 heteroatoms. The first-order valence-corrected chi connectivity index (χ1v) is 9.54. The zero-order valence-electron chi connectivity index (χ0n) is 15.7. The predicted molar refractivity (Wildman–Crippen MR) is 108 cm³/mol. The molecule has 148 valence electrons. The van der Waals surface area contributed by atoms with Crippen LogP contribution in [-0.4, -0.2) is 49.6 Å². The highest BCUT2D eigenvalue weighted by molar-refractivity contribution is 6.30. The first-order valence-electron chi connectivity index (χ1n) is 9.16. The summed E-state index contributed by atoms with van der Waals surface area (Å²) in [7, 11) is 1.59. The minimum absolute atomic E-state index is 0.0568. The van der Waals surface area contributed by atoms with Gasteiger partial charge in [0.05, 0.1) is 12.6 Å². The Morgan fingerprint density at radius 3 is 2.54 bits per heavy atom. The molecule has 6 nitrogen and oxygen atoms in total. The van der Waals surface area contributed by atoms with Gasteiger partial charge in [-0.1, -0.05) is 11.6 Å². The number of amides is 2. The number of carbonyl (C=O) groups is 2. The van der Waals surface area contributed by atoms with E-state index < -0.39 is 0 Å². The van der Waals surface area contributed by atoms with Gasteiger partial charge in [0.1, 0.15) is 12.4 Å². The van der Waals surface area contributed by atoms with Crippen molar-refractivity contribution in [2.45, 2.75) is 18.9 Å². The van der Waals surface area contributed by atoms with Crippen molar-refractivity contribution in [3.05, 3.63) is 59.1 Å². The number of hydrogen-bond acceptors (Lipinski definition) is 4. The highest BCUT2D eigenvalue weighted by atomic mass is 35.5. The van der Waals surface area contributed by atoms with E-state index in [0.29, 0.717) is 28.6 Å². The molecule has 28 heavy (non-hydrogen) atoms. The van der Waals surface area contributed by atoms with E-state index in [2.05, 4.69) is 5.32 Å². The van der Waals surface area contributed by atoms with Crippen LogP contribution in [0.15, 0.2) is 48.5 Å². The van der Waals surface area contributed by atoms with Crippen molar-refractivity contribution in [3.8, 4) is 5.75 Å². The van der Waals surface area contributed by atoms with Crippen molar-refractivity contribution in [1.82, 2.24) is 4.90 Å². The molecular formula is C21H23ClN2O4. The van der Waals surface area contributed by atoms with E-state index in [1.54, 1.807) is 55.6 Å². The number of rotatable bonds is 7. The number of carbonyl (C=O) groups excluding carboxylic acids is 2. The zero-order valence-corrected chi connectivity index (χ0v) is 16.4. The van der Waals surface area contributed by atoms with Crippen molar-refractivity contribution in [1.29, 1.82) is 0 Å². The summed E-state index contributed by atoms with van der Waals surface area (Å²) in [6.07, 6.45) is 2.23. The number of hydrogen-bond donors (Lipinski definition) is 1. The van der Waals surface area contributed by atoms with Gasteiger partial charge in [0, 0.05) is 29.9 Å². The minimum atomic E-state index is -0.283. The fourth-order valence-electron chi connectivity index (χ4n) is 2.90. The Morgan fingerprint density at radius 2 is 1.89 bits per heavy atom. The van der Waals surface area contributed by atoms with Crippen LogP contribution in [0.2, 0.25) is 5.02 Å². The van der Waals surface area contributed by atoms with Crippen molar-refractivity contribution in [2.24, 2.45) is 0 Å². The van der Waals surface area contributed by atoms with E-state index in [9.17, 15) is 9.59 Å². The maximum absolute atomic E-state index is 12.5. The molecule has 1 aliphatic heterocycles.